The zero-order valence-electron chi connectivity index (χ0n) is 12.2. The summed E-state index contributed by atoms with van der Waals surface area (Å²) in [6.45, 7) is 1.06. The van der Waals surface area contributed by atoms with Crippen LogP contribution in [0.25, 0.3) is 0 Å². The number of thiophene rings is 1. The number of sulfonamides is 1. The van der Waals surface area contributed by atoms with Gasteiger partial charge in [-0.3, -0.25) is 4.79 Å². The van der Waals surface area contributed by atoms with Crippen LogP contribution in [0, 0.1) is 0 Å². The summed E-state index contributed by atoms with van der Waals surface area (Å²) < 4.78 is 25.7. The van der Waals surface area contributed by atoms with Gasteiger partial charge in [-0.15, -0.1) is 11.3 Å². The lowest BCUT2D eigenvalue weighted by Crippen LogP contribution is -2.21. The lowest BCUT2D eigenvalue weighted by molar-refractivity contribution is -0.121. The standard InChI is InChI=1S/C13H23N3O3S2/c1-15-21(18,19)13-8-7-11(20-13)10-16-12(17)6-4-2-3-5-9-14/h7-8,15H,2-6,9-10,14H2,1H3,(H,16,17). The maximum absolute atomic E-state index is 11.6. The molecule has 120 valence electrons. The molecular formula is C13H23N3O3S2. The van der Waals surface area contributed by atoms with E-state index in [0.717, 1.165) is 41.9 Å². The Morgan fingerprint density at radius 2 is 1.95 bits per heavy atom. The third-order valence-electron chi connectivity index (χ3n) is 2.99. The number of nitrogens with two attached hydrogens (primary N) is 1. The molecule has 4 N–H and O–H groups in total. The Labute approximate surface area is 130 Å². The molecule has 8 heteroatoms. The van der Waals surface area contributed by atoms with E-state index in [1.165, 1.54) is 7.05 Å². The fraction of sp³-hybridized carbons (Fsp3) is 0.615. The molecule has 0 spiro atoms. The second kappa shape index (κ2) is 9.14. The Bertz CT molecular complexity index is 541. The smallest absolute Gasteiger partial charge is 0.249 e. The van der Waals surface area contributed by atoms with Crippen molar-refractivity contribution in [3.8, 4) is 0 Å². The maximum Gasteiger partial charge on any atom is 0.249 e. The first-order chi connectivity index (χ1) is 9.99. The average Bonchev–Trinajstić information content (AvgIpc) is 2.94. The SMILES string of the molecule is CNS(=O)(=O)c1ccc(CNC(=O)CCCCCCN)s1. The molecule has 1 aromatic rings. The first-order valence-corrected chi connectivity index (χ1v) is 9.28. The Hall–Kier alpha value is -0.960. The van der Waals surface area contributed by atoms with Crippen molar-refractivity contribution in [3.05, 3.63) is 17.0 Å². The summed E-state index contributed by atoms with van der Waals surface area (Å²) in [5.41, 5.74) is 5.40. The summed E-state index contributed by atoms with van der Waals surface area (Å²) in [7, 11) is -2.02. The van der Waals surface area contributed by atoms with E-state index in [-0.39, 0.29) is 10.1 Å². The molecule has 0 unspecified atom stereocenters. The number of amides is 1. The molecule has 0 radical (unpaired) electrons. The van der Waals surface area contributed by atoms with Crippen molar-refractivity contribution in [2.75, 3.05) is 13.6 Å². The van der Waals surface area contributed by atoms with Crippen molar-refractivity contribution >= 4 is 27.3 Å². The highest BCUT2D eigenvalue weighted by atomic mass is 32.2. The number of hydrogen-bond donors (Lipinski definition) is 3. The second-order valence-corrected chi connectivity index (χ2v) is 7.94. The largest absolute Gasteiger partial charge is 0.351 e. The van der Waals surface area contributed by atoms with E-state index < -0.39 is 10.0 Å². The van der Waals surface area contributed by atoms with Crippen molar-refractivity contribution < 1.29 is 13.2 Å². The topological polar surface area (TPSA) is 101 Å². The summed E-state index contributed by atoms with van der Waals surface area (Å²) in [5.74, 6) is -0.00540. The second-order valence-electron chi connectivity index (χ2n) is 4.66. The van der Waals surface area contributed by atoms with Crippen LogP contribution in [0.5, 0.6) is 0 Å². The van der Waals surface area contributed by atoms with Gasteiger partial charge in [0.2, 0.25) is 15.9 Å². The lowest BCUT2D eigenvalue weighted by atomic mass is 10.1. The molecule has 1 amide bonds. The molecule has 0 saturated carbocycles. The molecule has 21 heavy (non-hydrogen) atoms. The molecule has 1 heterocycles. The monoisotopic (exact) mass is 333 g/mol. The number of nitrogens with one attached hydrogen (secondary N) is 2. The van der Waals surface area contributed by atoms with Crippen LogP contribution in [0.1, 0.15) is 37.0 Å². The summed E-state index contributed by atoms with van der Waals surface area (Å²) in [6, 6.07) is 3.27. The third kappa shape index (κ3) is 6.56. The number of unbranched alkanes of at least 4 members (excludes halogenated alkanes) is 3. The van der Waals surface area contributed by atoms with Crippen LogP contribution >= 0.6 is 11.3 Å². The maximum atomic E-state index is 11.6. The molecule has 0 aliphatic carbocycles. The van der Waals surface area contributed by atoms with Crippen molar-refractivity contribution in [2.45, 2.75) is 42.9 Å². The lowest BCUT2D eigenvalue weighted by Gasteiger charge is -2.03. The van der Waals surface area contributed by atoms with E-state index in [9.17, 15) is 13.2 Å². The molecule has 6 nitrogen and oxygen atoms in total. The van der Waals surface area contributed by atoms with Crippen molar-refractivity contribution in [3.63, 3.8) is 0 Å². The first-order valence-electron chi connectivity index (χ1n) is 6.98. The van der Waals surface area contributed by atoms with Gasteiger partial charge < -0.3 is 11.1 Å². The third-order valence-corrected chi connectivity index (χ3v) is 5.98. The normalized spacial score (nSPS) is 11.5. The first kappa shape index (κ1) is 18.1. The summed E-state index contributed by atoms with van der Waals surface area (Å²) in [6.07, 6.45) is 4.42. The van der Waals surface area contributed by atoms with Gasteiger partial charge in [-0.25, -0.2) is 13.1 Å². The van der Waals surface area contributed by atoms with Gasteiger partial charge in [-0.2, -0.15) is 0 Å². The number of rotatable bonds is 10. The molecule has 0 aromatic carbocycles. The minimum absolute atomic E-state index is 0.00540. The van der Waals surface area contributed by atoms with Crippen LogP contribution in [-0.4, -0.2) is 27.9 Å². The highest BCUT2D eigenvalue weighted by molar-refractivity contribution is 7.91. The van der Waals surface area contributed by atoms with Crippen LogP contribution in [-0.2, 0) is 21.4 Å². The Morgan fingerprint density at radius 3 is 2.62 bits per heavy atom. The van der Waals surface area contributed by atoms with E-state index in [1.807, 2.05) is 0 Å². The van der Waals surface area contributed by atoms with E-state index >= 15 is 0 Å². The molecule has 0 bridgehead atoms. The molecule has 0 aliphatic heterocycles. The van der Waals surface area contributed by atoms with E-state index in [4.69, 9.17) is 5.73 Å². The average molecular weight is 333 g/mol. The van der Waals surface area contributed by atoms with Gasteiger partial charge in [0.15, 0.2) is 0 Å². The Kier molecular flexibility index (Phi) is 7.87. The van der Waals surface area contributed by atoms with E-state index in [2.05, 4.69) is 10.0 Å². The Balaban J connectivity index is 2.31. The van der Waals surface area contributed by atoms with Crippen LogP contribution in [0.4, 0.5) is 0 Å². The van der Waals surface area contributed by atoms with Gasteiger partial charge in [0, 0.05) is 11.3 Å². The minimum Gasteiger partial charge on any atom is -0.351 e. The van der Waals surface area contributed by atoms with Crippen LogP contribution in [0.15, 0.2) is 16.3 Å². The fourth-order valence-corrected chi connectivity index (χ4v) is 3.89. The minimum atomic E-state index is -3.39. The zero-order chi connectivity index (χ0) is 15.7. The van der Waals surface area contributed by atoms with Gasteiger partial charge in [0.05, 0.1) is 6.54 Å². The van der Waals surface area contributed by atoms with Crippen LogP contribution in [0.3, 0.4) is 0 Å². The number of carbonyl (C=O) groups is 1. The van der Waals surface area contributed by atoms with Gasteiger partial charge in [0.25, 0.3) is 0 Å². The van der Waals surface area contributed by atoms with Crippen LogP contribution in [0.2, 0.25) is 0 Å². The van der Waals surface area contributed by atoms with Crippen molar-refractivity contribution in [1.82, 2.24) is 10.0 Å². The van der Waals surface area contributed by atoms with Crippen LogP contribution < -0.4 is 15.8 Å². The van der Waals surface area contributed by atoms with Gasteiger partial charge in [-0.05, 0) is 38.6 Å². The quantitative estimate of drug-likeness (QED) is 0.560. The summed E-state index contributed by atoms with van der Waals surface area (Å²) >= 11 is 1.16. The van der Waals surface area contributed by atoms with Crippen molar-refractivity contribution in [2.24, 2.45) is 5.73 Å². The molecule has 1 aromatic heterocycles. The van der Waals surface area contributed by atoms with Gasteiger partial charge >= 0.3 is 0 Å². The number of hydrogen-bond acceptors (Lipinski definition) is 5. The summed E-state index contributed by atoms with van der Waals surface area (Å²) in [4.78, 5) is 12.5. The highest BCUT2D eigenvalue weighted by Crippen LogP contribution is 2.21. The summed E-state index contributed by atoms with van der Waals surface area (Å²) in [5, 5.41) is 2.80. The molecule has 0 fully saturated rings. The van der Waals surface area contributed by atoms with E-state index in [0.29, 0.717) is 19.5 Å². The molecule has 0 atom stereocenters. The number of carbonyl (C=O) groups excluding carboxylic acids is 1. The van der Waals surface area contributed by atoms with Crippen molar-refractivity contribution in [1.29, 1.82) is 0 Å². The van der Waals surface area contributed by atoms with Gasteiger partial charge in [0.1, 0.15) is 4.21 Å². The van der Waals surface area contributed by atoms with Gasteiger partial charge in [-0.1, -0.05) is 12.8 Å². The predicted octanol–water partition coefficient (Wildman–Crippen LogP) is 1.18. The molecule has 1 rings (SSSR count). The molecule has 0 saturated heterocycles. The predicted molar refractivity (Wildman–Crippen MR) is 84.6 cm³/mol. The van der Waals surface area contributed by atoms with E-state index in [1.54, 1.807) is 12.1 Å². The zero-order valence-corrected chi connectivity index (χ0v) is 13.9. The highest BCUT2D eigenvalue weighted by Gasteiger charge is 2.14. The molecule has 0 aliphatic rings. The molecular weight excluding hydrogens is 310 g/mol. The Morgan fingerprint density at radius 1 is 1.24 bits per heavy atom. The fourth-order valence-electron chi connectivity index (χ4n) is 1.76.